The van der Waals surface area contributed by atoms with E-state index >= 15 is 0 Å². The van der Waals surface area contributed by atoms with E-state index in [1.54, 1.807) is 18.6 Å². The molecule has 0 atom stereocenters. The fraction of sp³-hybridized carbons (Fsp3) is 0.250. The van der Waals surface area contributed by atoms with Crippen LogP contribution in [0.15, 0.2) is 73.2 Å². The van der Waals surface area contributed by atoms with Gasteiger partial charge in [-0.1, -0.05) is 18.2 Å². The number of aromatic nitrogens is 3. The van der Waals surface area contributed by atoms with Gasteiger partial charge in [-0.05, 0) is 25.1 Å². The van der Waals surface area contributed by atoms with Crippen molar-refractivity contribution >= 4 is 0 Å². The van der Waals surface area contributed by atoms with Crippen LogP contribution in [0.5, 0.6) is 17.6 Å². The van der Waals surface area contributed by atoms with Crippen LogP contribution in [-0.4, -0.2) is 34.8 Å². The van der Waals surface area contributed by atoms with Crippen LogP contribution >= 0.6 is 0 Å². The van der Waals surface area contributed by atoms with Gasteiger partial charge in [0.25, 0.3) is 0 Å². The predicted octanol–water partition coefficient (Wildman–Crippen LogP) is 3.41. The van der Waals surface area contributed by atoms with Gasteiger partial charge in [-0.15, -0.1) is 0 Å². The summed E-state index contributed by atoms with van der Waals surface area (Å²) in [4.78, 5) is 12.6. The summed E-state index contributed by atoms with van der Waals surface area (Å²) in [5, 5.41) is 0. The third-order valence-electron chi connectivity index (χ3n) is 3.62. The molecule has 0 saturated carbocycles. The Kier molecular flexibility index (Phi) is 5.98. The number of hydrogen-bond acceptors (Lipinski definition) is 6. The second-order valence-electron chi connectivity index (χ2n) is 6.18. The molecule has 0 bridgehead atoms. The first kappa shape index (κ1) is 17.7. The van der Waals surface area contributed by atoms with Crippen molar-refractivity contribution in [3.05, 3.63) is 73.2 Å². The topological polar surface area (TPSA) is 66.4 Å². The van der Waals surface area contributed by atoms with Crippen molar-refractivity contribution in [3.8, 4) is 17.6 Å². The monoisotopic (exact) mass is 351 g/mol. The van der Waals surface area contributed by atoms with Crippen molar-refractivity contribution < 1.29 is 14.2 Å². The Morgan fingerprint density at radius 3 is 1.23 bits per heavy atom. The fourth-order valence-corrected chi connectivity index (χ4v) is 2.17. The Balaban J connectivity index is 1.64. The quantitative estimate of drug-likeness (QED) is 0.588. The maximum Gasteiger partial charge on any atom is 0.213 e. The highest BCUT2D eigenvalue weighted by atomic mass is 16.5. The normalized spacial score (nSPS) is 11.0. The van der Waals surface area contributed by atoms with Gasteiger partial charge < -0.3 is 14.2 Å². The van der Waals surface area contributed by atoms with E-state index in [4.69, 9.17) is 14.2 Å². The van der Waals surface area contributed by atoms with E-state index in [-0.39, 0.29) is 0 Å². The van der Waals surface area contributed by atoms with Gasteiger partial charge in [-0.3, -0.25) is 0 Å². The first-order valence-corrected chi connectivity index (χ1v) is 8.35. The van der Waals surface area contributed by atoms with Crippen LogP contribution in [0.1, 0.15) is 6.92 Å². The molecule has 0 aliphatic heterocycles. The lowest BCUT2D eigenvalue weighted by Crippen LogP contribution is -2.38. The summed E-state index contributed by atoms with van der Waals surface area (Å²) >= 11 is 0. The van der Waals surface area contributed by atoms with Crippen molar-refractivity contribution in [1.29, 1.82) is 0 Å². The Bertz CT molecular complexity index is 664. The molecule has 0 aliphatic rings. The van der Waals surface area contributed by atoms with Gasteiger partial charge in [0.2, 0.25) is 17.6 Å². The van der Waals surface area contributed by atoms with Crippen molar-refractivity contribution in [3.63, 3.8) is 0 Å². The number of ether oxygens (including phenoxy) is 3. The molecule has 3 heterocycles. The predicted molar refractivity (Wildman–Crippen MR) is 97.3 cm³/mol. The second kappa shape index (κ2) is 8.80. The molecule has 3 rings (SSSR count). The lowest BCUT2D eigenvalue weighted by molar-refractivity contribution is 0.0425. The molecule has 0 aliphatic carbocycles. The zero-order chi connectivity index (χ0) is 18.1. The summed E-state index contributed by atoms with van der Waals surface area (Å²) in [6.45, 7) is 3.17. The minimum Gasteiger partial charge on any atom is -0.477 e. The van der Waals surface area contributed by atoms with E-state index in [0.29, 0.717) is 37.5 Å². The first-order valence-electron chi connectivity index (χ1n) is 8.35. The van der Waals surface area contributed by atoms with Crippen LogP contribution in [0.4, 0.5) is 0 Å². The lowest BCUT2D eigenvalue weighted by atomic mass is 9.94. The molecule has 0 radical (unpaired) electrons. The maximum atomic E-state index is 5.84. The molecule has 6 nitrogen and oxygen atoms in total. The largest absolute Gasteiger partial charge is 0.477 e. The first-order chi connectivity index (χ1) is 12.7. The molecule has 0 fully saturated rings. The average molecular weight is 351 g/mol. The lowest BCUT2D eigenvalue weighted by Gasteiger charge is -2.28. The van der Waals surface area contributed by atoms with E-state index in [2.05, 4.69) is 15.0 Å². The van der Waals surface area contributed by atoms with Gasteiger partial charge in [0.05, 0.1) is 5.41 Å². The van der Waals surface area contributed by atoms with Crippen LogP contribution in [0.2, 0.25) is 0 Å². The van der Waals surface area contributed by atoms with E-state index in [1.807, 2.05) is 61.5 Å². The molecule has 3 aromatic rings. The smallest absolute Gasteiger partial charge is 0.213 e. The molecule has 0 saturated heterocycles. The second-order valence-corrected chi connectivity index (χ2v) is 6.18. The third-order valence-corrected chi connectivity index (χ3v) is 3.62. The standard InChI is InChI=1S/C20H21N3O3/c1-20(14-24-17-8-2-5-11-21-17,15-25-18-9-3-6-12-22-18)16-26-19-10-4-7-13-23-19/h2-13H,14-16H2,1H3. The molecule has 0 spiro atoms. The van der Waals surface area contributed by atoms with E-state index in [1.165, 1.54) is 0 Å². The number of rotatable bonds is 9. The molecular weight excluding hydrogens is 330 g/mol. The highest BCUT2D eigenvalue weighted by Crippen LogP contribution is 2.22. The van der Waals surface area contributed by atoms with Crippen molar-refractivity contribution in [2.24, 2.45) is 5.41 Å². The summed E-state index contributed by atoms with van der Waals surface area (Å²) in [7, 11) is 0. The highest BCUT2D eigenvalue weighted by Gasteiger charge is 2.29. The van der Waals surface area contributed by atoms with Crippen LogP contribution < -0.4 is 14.2 Å². The summed E-state index contributed by atoms with van der Waals surface area (Å²) < 4.78 is 17.5. The van der Waals surface area contributed by atoms with Crippen molar-refractivity contribution in [2.75, 3.05) is 19.8 Å². The molecular formula is C20H21N3O3. The minimum absolute atomic E-state index is 0.379. The van der Waals surface area contributed by atoms with Gasteiger partial charge in [-0.25, -0.2) is 15.0 Å². The molecule has 0 amide bonds. The highest BCUT2D eigenvalue weighted by molar-refractivity contribution is 5.12. The molecule has 3 aromatic heterocycles. The Hall–Kier alpha value is -3.15. The van der Waals surface area contributed by atoms with E-state index in [9.17, 15) is 0 Å². The summed E-state index contributed by atoms with van der Waals surface area (Å²) in [5.74, 6) is 1.69. The third kappa shape index (κ3) is 5.44. The minimum atomic E-state index is -0.424. The number of hydrogen-bond donors (Lipinski definition) is 0. The van der Waals surface area contributed by atoms with Gasteiger partial charge in [0.15, 0.2) is 0 Å². The number of pyridine rings is 3. The summed E-state index contributed by atoms with van der Waals surface area (Å²) in [5.41, 5.74) is -0.424. The molecule has 26 heavy (non-hydrogen) atoms. The van der Waals surface area contributed by atoms with Gasteiger partial charge in [0.1, 0.15) is 19.8 Å². The molecule has 0 aromatic carbocycles. The average Bonchev–Trinajstić information content (AvgIpc) is 2.72. The zero-order valence-electron chi connectivity index (χ0n) is 14.6. The van der Waals surface area contributed by atoms with Gasteiger partial charge in [-0.2, -0.15) is 0 Å². The Morgan fingerprint density at radius 1 is 0.615 bits per heavy atom. The maximum absolute atomic E-state index is 5.84. The van der Waals surface area contributed by atoms with Crippen LogP contribution in [0, 0.1) is 5.41 Å². The molecule has 0 unspecified atom stereocenters. The fourth-order valence-electron chi connectivity index (χ4n) is 2.17. The number of nitrogens with zero attached hydrogens (tertiary/aromatic N) is 3. The Labute approximate surface area is 152 Å². The zero-order valence-corrected chi connectivity index (χ0v) is 14.6. The summed E-state index contributed by atoms with van der Waals surface area (Å²) in [6, 6.07) is 16.7. The molecule has 6 heteroatoms. The van der Waals surface area contributed by atoms with E-state index < -0.39 is 5.41 Å². The van der Waals surface area contributed by atoms with Crippen molar-refractivity contribution in [2.45, 2.75) is 6.92 Å². The van der Waals surface area contributed by atoms with Crippen molar-refractivity contribution in [1.82, 2.24) is 15.0 Å². The van der Waals surface area contributed by atoms with Crippen LogP contribution in [0.3, 0.4) is 0 Å². The van der Waals surface area contributed by atoms with Gasteiger partial charge >= 0.3 is 0 Å². The molecule has 134 valence electrons. The van der Waals surface area contributed by atoms with Crippen LogP contribution in [0.25, 0.3) is 0 Å². The SMILES string of the molecule is CC(COc1ccccn1)(COc1ccccn1)COc1ccccn1. The van der Waals surface area contributed by atoms with Crippen LogP contribution in [-0.2, 0) is 0 Å². The van der Waals surface area contributed by atoms with Gasteiger partial charge in [0, 0.05) is 36.8 Å². The molecule has 0 N–H and O–H groups in total. The summed E-state index contributed by atoms with van der Waals surface area (Å²) in [6.07, 6.45) is 5.09. The Morgan fingerprint density at radius 2 is 0.962 bits per heavy atom. The van der Waals surface area contributed by atoms with E-state index in [0.717, 1.165) is 0 Å².